The smallest absolute Gasteiger partial charge is 0.163 e. The lowest BCUT2D eigenvalue weighted by Gasteiger charge is -2.29. The Morgan fingerprint density at radius 1 is 1.36 bits per heavy atom. The van der Waals surface area contributed by atoms with Gasteiger partial charge in [-0.05, 0) is 43.4 Å². The standard InChI is InChI=1S/C19H22N2O/c1-2-14-13-20-11-9-15(14)7-8-19(22)17-10-12-21-18-6-4-3-5-16(17)18/h2-6,10,12,14-15,20H,1,7-9,11,13H2/t14-,15+/m0/s1. The summed E-state index contributed by atoms with van der Waals surface area (Å²) >= 11 is 0. The summed E-state index contributed by atoms with van der Waals surface area (Å²) in [6, 6.07) is 9.69. The first-order valence-electron chi connectivity index (χ1n) is 8.00. The molecule has 1 aromatic carbocycles. The molecule has 3 heteroatoms. The molecule has 2 atom stereocenters. The lowest BCUT2D eigenvalue weighted by molar-refractivity contribution is 0.0968. The van der Waals surface area contributed by atoms with Gasteiger partial charge in [0.1, 0.15) is 0 Å². The van der Waals surface area contributed by atoms with Crippen molar-refractivity contribution in [1.82, 2.24) is 10.3 Å². The second kappa shape index (κ2) is 6.84. The van der Waals surface area contributed by atoms with E-state index in [1.54, 1.807) is 6.20 Å². The second-order valence-electron chi connectivity index (χ2n) is 5.99. The highest BCUT2D eigenvalue weighted by Crippen LogP contribution is 2.26. The van der Waals surface area contributed by atoms with Crippen molar-refractivity contribution in [1.29, 1.82) is 0 Å². The van der Waals surface area contributed by atoms with Crippen LogP contribution in [0.3, 0.4) is 0 Å². The zero-order chi connectivity index (χ0) is 15.4. The minimum atomic E-state index is 0.222. The van der Waals surface area contributed by atoms with Crippen molar-refractivity contribution in [2.75, 3.05) is 13.1 Å². The van der Waals surface area contributed by atoms with Crippen molar-refractivity contribution in [2.24, 2.45) is 11.8 Å². The molecule has 0 amide bonds. The number of Topliss-reactive ketones (excluding diaryl/α,β-unsaturated/α-hetero) is 1. The fraction of sp³-hybridized carbons (Fsp3) is 0.368. The van der Waals surface area contributed by atoms with E-state index in [-0.39, 0.29) is 5.78 Å². The Morgan fingerprint density at radius 3 is 3.09 bits per heavy atom. The van der Waals surface area contributed by atoms with Crippen LogP contribution < -0.4 is 5.32 Å². The van der Waals surface area contributed by atoms with E-state index in [2.05, 4.69) is 16.9 Å². The summed E-state index contributed by atoms with van der Waals surface area (Å²) < 4.78 is 0. The van der Waals surface area contributed by atoms with Gasteiger partial charge >= 0.3 is 0 Å². The molecule has 0 unspecified atom stereocenters. The van der Waals surface area contributed by atoms with E-state index >= 15 is 0 Å². The van der Waals surface area contributed by atoms with Gasteiger partial charge in [-0.2, -0.15) is 0 Å². The van der Waals surface area contributed by atoms with Gasteiger partial charge in [0.15, 0.2) is 5.78 Å². The van der Waals surface area contributed by atoms with Crippen LogP contribution in [-0.4, -0.2) is 23.9 Å². The largest absolute Gasteiger partial charge is 0.316 e. The molecule has 1 N–H and O–H groups in total. The highest BCUT2D eigenvalue weighted by atomic mass is 16.1. The molecule has 2 heterocycles. The summed E-state index contributed by atoms with van der Waals surface area (Å²) in [6.45, 7) is 5.96. The van der Waals surface area contributed by atoms with Crippen molar-refractivity contribution >= 4 is 16.7 Å². The van der Waals surface area contributed by atoms with Gasteiger partial charge in [-0.25, -0.2) is 0 Å². The van der Waals surface area contributed by atoms with Gasteiger partial charge in [-0.15, -0.1) is 6.58 Å². The van der Waals surface area contributed by atoms with Crippen molar-refractivity contribution in [2.45, 2.75) is 19.3 Å². The van der Waals surface area contributed by atoms with E-state index in [4.69, 9.17) is 0 Å². The van der Waals surface area contributed by atoms with Gasteiger partial charge in [0.05, 0.1) is 5.52 Å². The highest BCUT2D eigenvalue weighted by molar-refractivity contribution is 6.07. The predicted molar refractivity (Wildman–Crippen MR) is 90.0 cm³/mol. The molecule has 22 heavy (non-hydrogen) atoms. The van der Waals surface area contributed by atoms with Crippen LogP contribution >= 0.6 is 0 Å². The maximum atomic E-state index is 12.6. The molecule has 0 bridgehead atoms. The van der Waals surface area contributed by atoms with Gasteiger partial charge in [0.2, 0.25) is 0 Å². The molecule has 3 nitrogen and oxygen atoms in total. The quantitative estimate of drug-likeness (QED) is 0.676. The molecular formula is C19H22N2O. The molecule has 114 valence electrons. The summed E-state index contributed by atoms with van der Waals surface area (Å²) in [6.07, 6.45) is 6.42. The number of hydrogen-bond acceptors (Lipinski definition) is 3. The topological polar surface area (TPSA) is 42.0 Å². The van der Waals surface area contributed by atoms with Crippen LogP contribution in [-0.2, 0) is 0 Å². The molecule has 0 aliphatic carbocycles. The second-order valence-corrected chi connectivity index (χ2v) is 5.99. The Balaban J connectivity index is 1.72. The Morgan fingerprint density at radius 2 is 2.23 bits per heavy atom. The minimum absolute atomic E-state index is 0.222. The van der Waals surface area contributed by atoms with Crippen molar-refractivity contribution < 1.29 is 4.79 Å². The van der Waals surface area contributed by atoms with Gasteiger partial charge in [-0.1, -0.05) is 24.3 Å². The molecule has 1 aliphatic rings. The van der Waals surface area contributed by atoms with Crippen LogP contribution in [0.25, 0.3) is 10.9 Å². The van der Waals surface area contributed by atoms with E-state index in [1.165, 1.54) is 0 Å². The van der Waals surface area contributed by atoms with E-state index in [9.17, 15) is 4.79 Å². The van der Waals surface area contributed by atoms with Gasteiger partial charge in [0.25, 0.3) is 0 Å². The van der Waals surface area contributed by atoms with E-state index < -0.39 is 0 Å². The van der Waals surface area contributed by atoms with Crippen molar-refractivity contribution in [3.8, 4) is 0 Å². The summed E-state index contributed by atoms with van der Waals surface area (Å²) in [5.74, 6) is 1.27. The van der Waals surface area contributed by atoms with Gasteiger partial charge in [-0.3, -0.25) is 9.78 Å². The van der Waals surface area contributed by atoms with Crippen LogP contribution in [0.15, 0.2) is 49.2 Å². The first kappa shape index (κ1) is 14.9. The lowest BCUT2D eigenvalue weighted by atomic mass is 9.82. The van der Waals surface area contributed by atoms with Gasteiger partial charge < -0.3 is 5.32 Å². The minimum Gasteiger partial charge on any atom is -0.316 e. The Hall–Kier alpha value is -2.00. The predicted octanol–water partition coefficient (Wildman–Crippen LogP) is 3.61. The molecule has 1 aliphatic heterocycles. The first-order valence-corrected chi connectivity index (χ1v) is 8.00. The van der Waals surface area contributed by atoms with E-state index in [0.29, 0.717) is 18.3 Å². The number of aromatic nitrogens is 1. The Labute approximate surface area is 131 Å². The average Bonchev–Trinajstić information content (AvgIpc) is 2.59. The Kier molecular flexibility index (Phi) is 4.64. The third kappa shape index (κ3) is 3.09. The molecule has 1 fully saturated rings. The highest BCUT2D eigenvalue weighted by Gasteiger charge is 2.23. The van der Waals surface area contributed by atoms with Crippen molar-refractivity contribution in [3.05, 3.63) is 54.7 Å². The number of ketones is 1. The van der Waals surface area contributed by atoms with Crippen LogP contribution in [0.4, 0.5) is 0 Å². The Bertz CT molecular complexity index is 675. The normalized spacial score (nSPS) is 21.6. The molecule has 0 spiro atoms. The van der Waals surface area contributed by atoms with Crippen molar-refractivity contribution in [3.63, 3.8) is 0 Å². The number of para-hydroxylation sites is 1. The summed E-state index contributed by atoms with van der Waals surface area (Å²) in [7, 11) is 0. The lowest BCUT2D eigenvalue weighted by Crippen LogP contribution is -2.35. The number of rotatable bonds is 5. The number of carbonyl (C=O) groups excluding carboxylic acids is 1. The first-order chi connectivity index (χ1) is 10.8. The summed E-state index contributed by atoms with van der Waals surface area (Å²) in [5.41, 5.74) is 1.69. The molecule has 0 saturated carbocycles. The number of nitrogens with one attached hydrogen (secondary N) is 1. The SMILES string of the molecule is C=C[C@H]1CNCC[C@H]1CCC(=O)c1ccnc2ccccc12. The van der Waals surface area contributed by atoms with E-state index in [0.717, 1.165) is 42.4 Å². The number of benzene rings is 1. The van der Waals surface area contributed by atoms with Crippen LogP contribution in [0, 0.1) is 11.8 Å². The number of fused-ring (bicyclic) bond motifs is 1. The average molecular weight is 294 g/mol. The zero-order valence-corrected chi connectivity index (χ0v) is 12.8. The fourth-order valence-corrected chi connectivity index (χ4v) is 3.36. The molecule has 3 rings (SSSR count). The molecule has 1 saturated heterocycles. The third-order valence-electron chi connectivity index (χ3n) is 4.67. The number of pyridine rings is 1. The van der Waals surface area contributed by atoms with Gasteiger partial charge in [0, 0.05) is 30.1 Å². The monoisotopic (exact) mass is 294 g/mol. The number of hydrogen-bond donors (Lipinski definition) is 1. The molecule has 2 aromatic rings. The number of piperidine rings is 1. The maximum absolute atomic E-state index is 12.6. The van der Waals surface area contributed by atoms with Crippen LogP contribution in [0.5, 0.6) is 0 Å². The third-order valence-corrected chi connectivity index (χ3v) is 4.67. The number of carbonyl (C=O) groups is 1. The van der Waals surface area contributed by atoms with Crippen LogP contribution in [0.1, 0.15) is 29.6 Å². The molecule has 0 radical (unpaired) electrons. The molecular weight excluding hydrogens is 272 g/mol. The molecule has 1 aromatic heterocycles. The summed E-state index contributed by atoms with van der Waals surface area (Å²) in [5, 5.41) is 4.35. The maximum Gasteiger partial charge on any atom is 0.163 e. The van der Waals surface area contributed by atoms with Crippen LogP contribution in [0.2, 0.25) is 0 Å². The zero-order valence-electron chi connectivity index (χ0n) is 12.8. The number of nitrogens with zero attached hydrogens (tertiary/aromatic N) is 1. The summed E-state index contributed by atoms with van der Waals surface area (Å²) in [4.78, 5) is 17.0. The van der Waals surface area contributed by atoms with E-state index in [1.807, 2.05) is 36.4 Å². The fourth-order valence-electron chi connectivity index (χ4n) is 3.36.